The zero-order valence-corrected chi connectivity index (χ0v) is 23.9. The average Bonchev–Trinajstić information content (AvgIpc) is 3.61. The quantitative estimate of drug-likeness (QED) is 0.187. The van der Waals surface area contributed by atoms with Crippen molar-refractivity contribution in [2.75, 3.05) is 0 Å². The number of rotatable bonds is 2. The lowest BCUT2D eigenvalue weighted by Gasteiger charge is -2.16. The Hall–Kier alpha value is -5.86. The van der Waals surface area contributed by atoms with Gasteiger partial charge in [0.25, 0.3) is 0 Å². The number of para-hydroxylation sites is 3. The monoisotopic (exact) mass is 558 g/mol. The molecular weight excluding hydrogens is 532 g/mol. The van der Waals surface area contributed by atoms with Gasteiger partial charge in [-0.2, -0.15) is 0 Å². The van der Waals surface area contributed by atoms with Crippen LogP contribution in [-0.2, 0) is 0 Å². The van der Waals surface area contributed by atoms with Gasteiger partial charge < -0.3 is 9.13 Å². The van der Waals surface area contributed by atoms with Crippen LogP contribution in [-0.4, -0.2) is 9.13 Å². The third kappa shape index (κ3) is 3.04. The molecule has 0 saturated carbocycles. The van der Waals surface area contributed by atoms with E-state index < -0.39 is 0 Å². The number of hydrogen-bond donors (Lipinski definition) is 0. The van der Waals surface area contributed by atoms with E-state index in [0.717, 1.165) is 0 Å². The molecule has 0 aliphatic heterocycles. The van der Waals surface area contributed by atoms with Gasteiger partial charge in [0.05, 0.1) is 27.8 Å². The van der Waals surface area contributed by atoms with Crippen molar-refractivity contribution in [1.82, 2.24) is 9.13 Å². The highest BCUT2D eigenvalue weighted by atomic mass is 15.0. The SMILES string of the molecule is c1ccc(-n2c3ccccc3c3c4c5ccccc5n(-c5cccc6c7ccccc7c7ccccc7c56)c4ccc32)cc1. The van der Waals surface area contributed by atoms with Gasteiger partial charge >= 0.3 is 0 Å². The Bertz CT molecular complexity index is 2720. The minimum atomic E-state index is 1.18. The second-order valence-corrected chi connectivity index (χ2v) is 11.7. The zero-order chi connectivity index (χ0) is 28.8. The van der Waals surface area contributed by atoms with E-state index >= 15 is 0 Å². The van der Waals surface area contributed by atoms with Gasteiger partial charge in [-0.1, -0.05) is 115 Å². The first-order chi connectivity index (χ1) is 21.9. The van der Waals surface area contributed by atoms with Crippen molar-refractivity contribution in [3.63, 3.8) is 0 Å². The van der Waals surface area contributed by atoms with Gasteiger partial charge in [-0.25, -0.2) is 0 Å². The predicted molar refractivity (Wildman–Crippen MR) is 188 cm³/mol. The van der Waals surface area contributed by atoms with Gasteiger partial charge in [0.2, 0.25) is 0 Å². The maximum atomic E-state index is 2.50. The minimum absolute atomic E-state index is 1.18. The van der Waals surface area contributed by atoms with Crippen LogP contribution < -0.4 is 0 Å². The van der Waals surface area contributed by atoms with Gasteiger partial charge in [-0.3, -0.25) is 0 Å². The fraction of sp³-hybridized carbons (Fsp3) is 0. The van der Waals surface area contributed by atoms with Crippen molar-refractivity contribution >= 4 is 75.9 Å². The molecule has 0 N–H and O–H groups in total. The van der Waals surface area contributed by atoms with Gasteiger partial charge in [0.1, 0.15) is 0 Å². The van der Waals surface area contributed by atoms with E-state index in [0.29, 0.717) is 0 Å². The average molecular weight is 559 g/mol. The standard InChI is InChI=1S/C42H26N2/c1-2-13-27(14-3-1)43-35-22-10-8-19-33(35)41-38(43)25-26-39-42(41)34-20-9-11-23-36(34)44(39)37-24-12-21-32-30-16-5-4-15-28(30)29-17-6-7-18-31(29)40(32)37/h1-26H. The summed E-state index contributed by atoms with van der Waals surface area (Å²) in [6, 6.07) is 57.6. The fourth-order valence-electron chi connectivity index (χ4n) is 7.76. The molecule has 204 valence electrons. The molecule has 0 amide bonds. The molecule has 0 aliphatic rings. The first kappa shape index (κ1) is 23.7. The Kier molecular flexibility index (Phi) is 4.75. The Morgan fingerprint density at radius 2 is 0.682 bits per heavy atom. The second kappa shape index (κ2) is 8.82. The van der Waals surface area contributed by atoms with Crippen LogP contribution in [0.15, 0.2) is 158 Å². The van der Waals surface area contributed by atoms with Crippen LogP contribution >= 0.6 is 0 Å². The van der Waals surface area contributed by atoms with Crippen molar-refractivity contribution in [2.45, 2.75) is 0 Å². The molecule has 10 aromatic rings. The van der Waals surface area contributed by atoms with Gasteiger partial charge in [0, 0.05) is 32.6 Å². The topological polar surface area (TPSA) is 9.86 Å². The molecule has 2 heteroatoms. The molecule has 0 spiro atoms. The summed E-state index contributed by atoms with van der Waals surface area (Å²) in [5.74, 6) is 0. The third-order valence-electron chi connectivity index (χ3n) is 9.47. The molecule has 0 bridgehead atoms. The highest BCUT2D eigenvalue weighted by molar-refractivity contribution is 6.31. The molecule has 0 radical (unpaired) electrons. The predicted octanol–water partition coefficient (Wildman–Crippen LogP) is 11.3. The molecular formula is C42H26N2. The van der Waals surface area contributed by atoms with Crippen molar-refractivity contribution in [1.29, 1.82) is 0 Å². The van der Waals surface area contributed by atoms with Crippen molar-refractivity contribution in [3.05, 3.63) is 158 Å². The van der Waals surface area contributed by atoms with E-state index in [1.807, 2.05) is 0 Å². The van der Waals surface area contributed by atoms with E-state index in [2.05, 4.69) is 167 Å². The summed E-state index contributed by atoms with van der Waals surface area (Å²) in [6.07, 6.45) is 0. The molecule has 2 aromatic heterocycles. The first-order valence-corrected chi connectivity index (χ1v) is 15.2. The van der Waals surface area contributed by atoms with Gasteiger partial charge in [-0.05, 0) is 69.4 Å². The van der Waals surface area contributed by atoms with Crippen LogP contribution in [0.2, 0.25) is 0 Å². The number of aromatic nitrogens is 2. The summed E-state index contributed by atoms with van der Waals surface area (Å²) >= 11 is 0. The summed E-state index contributed by atoms with van der Waals surface area (Å²) in [5, 5.41) is 12.9. The first-order valence-electron chi connectivity index (χ1n) is 15.2. The smallest absolute Gasteiger partial charge is 0.0549 e. The van der Waals surface area contributed by atoms with Crippen LogP contribution in [0, 0.1) is 0 Å². The zero-order valence-electron chi connectivity index (χ0n) is 23.9. The number of nitrogens with zero attached hydrogens (tertiary/aromatic N) is 2. The lowest BCUT2D eigenvalue weighted by molar-refractivity contribution is 1.18. The van der Waals surface area contributed by atoms with Crippen LogP contribution in [0.4, 0.5) is 0 Å². The summed E-state index contributed by atoms with van der Waals surface area (Å²) in [6.45, 7) is 0. The molecule has 0 fully saturated rings. The summed E-state index contributed by atoms with van der Waals surface area (Å²) < 4.78 is 4.91. The molecule has 0 atom stereocenters. The minimum Gasteiger partial charge on any atom is -0.309 e. The molecule has 0 aliphatic carbocycles. The largest absolute Gasteiger partial charge is 0.309 e. The molecule has 10 rings (SSSR count). The van der Waals surface area contributed by atoms with Gasteiger partial charge in [0.15, 0.2) is 0 Å². The van der Waals surface area contributed by atoms with E-state index in [1.165, 1.54) is 87.3 Å². The number of benzene rings is 8. The maximum Gasteiger partial charge on any atom is 0.0549 e. The van der Waals surface area contributed by atoms with Crippen molar-refractivity contribution in [2.24, 2.45) is 0 Å². The summed E-state index contributed by atoms with van der Waals surface area (Å²) in [7, 11) is 0. The van der Waals surface area contributed by atoms with E-state index in [9.17, 15) is 0 Å². The molecule has 0 unspecified atom stereocenters. The normalized spacial score (nSPS) is 12.1. The number of fused-ring (bicyclic) bond motifs is 13. The molecule has 2 nitrogen and oxygen atoms in total. The van der Waals surface area contributed by atoms with Gasteiger partial charge in [-0.15, -0.1) is 0 Å². The van der Waals surface area contributed by atoms with E-state index in [4.69, 9.17) is 0 Å². The highest BCUT2D eigenvalue weighted by Crippen LogP contribution is 2.44. The van der Waals surface area contributed by atoms with Crippen LogP contribution in [0.25, 0.3) is 87.3 Å². The summed E-state index contributed by atoms with van der Waals surface area (Å²) in [4.78, 5) is 0. The Balaban J connectivity index is 1.43. The Morgan fingerprint density at radius 3 is 1.30 bits per heavy atom. The maximum absolute atomic E-state index is 2.50. The van der Waals surface area contributed by atoms with Crippen LogP contribution in [0.5, 0.6) is 0 Å². The molecule has 0 saturated heterocycles. The Labute approximate surface area is 253 Å². The lowest BCUT2D eigenvalue weighted by Crippen LogP contribution is -1.97. The van der Waals surface area contributed by atoms with E-state index in [-0.39, 0.29) is 0 Å². The molecule has 8 aromatic carbocycles. The van der Waals surface area contributed by atoms with Crippen molar-refractivity contribution < 1.29 is 0 Å². The fourth-order valence-corrected chi connectivity index (χ4v) is 7.76. The van der Waals surface area contributed by atoms with Crippen LogP contribution in [0.1, 0.15) is 0 Å². The molecule has 44 heavy (non-hydrogen) atoms. The summed E-state index contributed by atoms with van der Waals surface area (Å²) in [5.41, 5.74) is 7.27. The lowest BCUT2D eigenvalue weighted by atomic mass is 9.93. The third-order valence-corrected chi connectivity index (χ3v) is 9.47. The number of hydrogen-bond acceptors (Lipinski definition) is 0. The van der Waals surface area contributed by atoms with Crippen molar-refractivity contribution in [3.8, 4) is 11.4 Å². The molecule has 2 heterocycles. The second-order valence-electron chi connectivity index (χ2n) is 11.7. The van der Waals surface area contributed by atoms with E-state index in [1.54, 1.807) is 0 Å². The Morgan fingerprint density at radius 1 is 0.250 bits per heavy atom. The van der Waals surface area contributed by atoms with Crippen LogP contribution in [0.3, 0.4) is 0 Å². The highest BCUT2D eigenvalue weighted by Gasteiger charge is 2.21.